The molecule has 0 fully saturated rings. The summed E-state index contributed by atoms with van der Waals surface area (Å²) < 4.78 is 26.7. The van der Waals surface area contributed by atoms with Gasteiger partial charge < -0.3 is 4.84 Å². The highest BCUT2D eigenvalue weighted by Crippen LogP contribution is 2.14. The lowest BCUT2D eigenvalue weighted by molar-refractivity contribution is 0.0929. The van der Waals surface area contributed by atoms with E-state index in [2.05, 4.69) is 9.56 Å². The van der Waals surface area contributed by atoms with E-state index in [9.17, 15) is 8.42 Å². The fourth-order valence-corrected chi connectivity index (χ4v) is 2.95. The maximum Gasteiger partial charge on any atom is 0.241 e. The number of benzene rings is 1. The van der Waals surface area contributed by atoms with Crippen LogP contribution in [0.2, 0.25) is 0 Å². The van der Waals surface area contributed by atoms with Gasteiger partial charge in [-0.05, 0) is 38.5 Å². The van der Waals surface area contributed by atoms with Gasteiger partial charge in [-0.2, -0.15) is 0 Å². The van der Waals surface area contributed by atoms with Crippen LogP contribution in [0.3, 0.4) is 0 Å². The van der Waals surface area contributed by atoms with Crippen molar-refractivity contribution in [2.45, 2.75) is 31.2 Å². The van der Waals surface area contributed by atoms with Crippen LogP contribution in [0.1, 0.15) is 19.4 Å². The van der Waals surface area contributed by atoms with Crippen molar-refractivity contribution in [3.63, 3.8) is 0 Å². The highest BCUT2D eigenvalue weighted by Gasteiger charge is 2.26. The Morgan fingerprint density at radius 1 is 1.41 bits per heavy atom. The molecule has 0 aliphatic heterocycles. The minimum absolute atomic E-state index is 0.0953. The molecule has 1 aromatic carbocycles. The monoisotopic (exact) mass is 258 g/mol. The third kappa shape index (κ3) is 4.08. The topological polar surface area (TPSA) is 81.4 Å². The second kappa shape index (κ2) is 5.14. The zero-order chi connectivity index (χ0) is 13.1. The zero-order valence-electron chi connectivity index (χ0n) is 10.2. The molecular weight excluding hydrogens is 240 g/mol. The van der Waals surface area contributed by atoms with Gasteiger partial charge in [-0.1, -0.05) is 12.1 Å². The minimum atomic E-state index is -3.55. The number of aryl methyl sites for hydroxylation is 1. The highest BCUT2D eigenvalue weighted by atomic mass is 32.2. The molecule has 0 aliphatic carbocycles. The summed E-state index contributed by atoms with van der Waals surface area (Å²) in [4.78, 5) is 4.72. The lowest BCUT2D eigenvalue weighted by atomic mass is 10.1. The summed E-state index contributed by atoms with van der Waals surface area (Å²) in [6, 6.07) is 6.71. The molecule has 0 heterocycles. The predicted octanol–water partition coefficient (Wildman–Crippen LogP) is 0.942. The Balaban J connectivity index is 2.97. The summed E-state index contributed by atoms with van der Waals surface area (Å²) in [5.74, 6) is 4.96. The number of hydrogen-bond donors (Lipinski definition) is 2. The smallest absolute Gasteiger partial charge is 0.241 e. The molecule has 0 spiro atoms. The van der Waals surface area contributed by atoms with Crippen LogP contribution >= 0.6 is 0 Å². The summed E-state index contributed by atoms with van der Waals surface area (Å²) >= 11 is 0. The SMILES string of the molecule is Cc1cccc(S(=O)(=O)NC(C)(C)CON)c1. The quantitative estimate of drug-likeness (QED) is 0.770. The third-order valence-electron chi connectivity index (χ3n) is 2.15. The van der Waals surface area contributed by atoms with E-state index in [1.165, 1.54) is 0 Å². The van der Waals surface area contributed by atoms with Crippen molar-refractivity contribution in [1.29, 1.82) is 0 Å². The first kappa shape index (κ1) is 14.1. The molecule has 1 rings (SSSR count). The lowest BCUT2D eigenvalue weighted by Crippen LogP contribution is -2.47. The molecule has 3 N–H and O–H groups in total. The van der Waals surface area contributed by atoms with Crippen LogP contribution in [0.5, 0.6) is 0 Å². The van der Waals surface area contributed by atoms with Gasteiger partial charge in [0.05, 0.1) is 17.0 Å². The number of sulfonamides is 1. The number of hydrogen-bond acceptors (Lipinski definition) is 4. The molecule has 0 aliphatic rings. The Morgan fingerprint density at radius 3 is 2.59 bits per heavy atom. The first-order valence-electron chi connectivity index (χ1n) is 5.19. The molecule has 0 bridgehead atoms. The molecule has 0 unspecified atom stereocenters. The summed E-state index contributed by atoms with van der Waals surface area (Å²) in [6.45, 7) is 5.34. The summed E-state index contributed by atoms with van der Waals surface area (Å²) in [5.41, 5.74) is 0.137. The molecular formula is C11H18N2O3S. The van der Waals surface area contributed by atoms with Crippen LogP contribution in [0.4, 0.5) is 0 Å². The van der Waals surface area contributed by atoms with E-state index in [-0.39, 0.29) is 11.5 Å². The Labute approximate surface area is 102 Å². The predicted molar refractivity (Wildman–Crippen MR) is 65.7 cm³/mol. The van der Waals surface area contributed by atoms with E-state index >= 15 is 0 Å². The Hall–Kier alpha value is -0.950. The summed E-state index contributed by atoms with van der Waals surface area (Å²) in [5, 5.41) is 0. The molecule has 6 heteroatoms. The Bertz CT molecular complexity index is 483. The van der Waals surface area contributed by atoms with Crippen molar-refractivity contribution in [1.82, 2.24) is 4.72 Å². The second-order valence-electron chi connectivity index (χ2n) is 4.62. The van der Waals surface area contributed by atoms with Crippen molar-refractivity contribution in [2.24, 2.45) is 5.90 Å². The largest absolute Gasteiger partial charge is 0.303 e. The molecule has 17 heavy (non-hydrogen) atoms. The second-order valence-corrected chi connectivity index (χ2v) is 6.30. The van der Waals surface area contributed by atoms with Crippen LogP contribution < -0.4 is 10.6 Å². The Kier molecular flexibility index (Phi) is 4.26. The number of rotatable bonds is 5. The Morgan fingerprint density at radius 2 is 2.06 bits per heavy atom. The van der Waals surface area contributed by atoms with E-state index in [0.717, 1.165) is 5.56 Å². The summed E-state index contributed by atoms with van der Waals surface area (Å²) in [7, 11) is -3.55. The summed E-state index contributed by atoms with van der Waals surface area (Å²) in [6.07, 6.45) is 0. The fraction of sp³-hybridized carbons (Fsp3) is 0.455. The zero-order valence-corrected chi connectivity index (χ0v) is 11.0. The average Bonchev–Trinajstić information content (AvgIpc) is 2.15. The van der Waals surface area contributed by atoms with E-state index < -0.39 is 15.6 Å². The van der Waals surface area contributed by atoms with Gasteiger partial charge in [-0.3, -0.25) is 0 Å². The molecule has 0 radical (unpaired) electrons. The molecule has 0 atom stereocenters. The standard InChI is InChI=1S/C11H18N2O3S/c1-9-5-4-6-10(7-9)17(14,15)13-11(2,3)8-16-12/h4-7,13H,8,12H2,1-3H3. The lowest BCUT2D eigenvalue weighted by Gasteiger charge is -2.24. The van der Waals surface area contributed by atoms with Gasteiger partial charge in [-0.25, -0.2) is 19.0 Å². The molecule has 5 nitrogen and oxygen atoms in total. The van der Waals surface area contributed by atoms with Crippen molar-refractivity contribution >= 4 is 10.0 Å². The molecule has 0 aromatic heterocycles. The van der Waals surface area contributed by atoms with Crippen molar-refractivity contribution < 1.29 is 13.3 Å². The van der Waals surface area contributed by atoms with Gasteiger partial charge in [0.1, 0.15) is 0 Å². The van der Waals surface area contributed by atoms with Gasteiger partial charge in [0, 0.05) is 0 Å². The molecule has 0 amide bonds. The fourth-order valence-electron chi connectivity index (χ4n) is 1.44. The van der Waals surface area contributed by atoms with E-state index in [4.69, 9.17) is 5.90 Å². The van der Waals surface area contributed by atoms with Crippen molar-refractivity contribution in [3.8, 4) is 0 Å². The van der Waals surface area contributed by atoms with Crippen LogP contribution in [0.25, 0.3) is 0 Å². The van der Waals surface area contributed by atoms with Crippen LogP contribution in [0.15, 0.2) is 29.2 Å². The molecule has 96 valence electrons. The van der Waals surface area contributed by atoms with E-state index in [1.54, 1.807) is 32.0 Å². The molecule has 0 saturated carbocycles. The minimum Gasteiger partial charge on any atom is -0.303 e. The first-order valence-corrected chi connectivity index (χ1v) is 6.67. The number of nitrogens with one attached hydrogen (secondary N) is 1. The maximum atomic E-state index is 12.1. The van der Waals surface area contributed by atoms with Crippen LogP contribution in [0, 0.1) is 6.92 Å². The molecule has 0 saturated heterocycles. The van der Waals surface area contributed by atoms with E-state index in [0.29, 0.717) is 0 Å². The average molecular weight is 258 g/mol. The van der Waals surface area contributed by atoms with Crippen LogP contribution in [-0.4, -0.2) is 20.6 Å². The van der Waals surface area contributed by atoms with Crippen molar-refractivity contribution in [3.05, 3.63) is 29.8 Å². The highest BCUT2D eigenvalue weighted by molar-refractivity contribution is 7.89. The van der Waals surface area contributed by atoms with E-state index in [1.807, 2.05) is 13.0 Å². The maximum absolute atomic E-state index is 12.1. The normalized spacial score (nSPS) is 12.7. The first-order chi connectivity index (χ1) is 7.77. The van der Waals surface area contributed by atoms with Crippen molar-refractivity contribution in [2.75, 3.05) is 6.61 Å². The van der Waals surface area contributed by atoms with Gasteiger partial charge >= 0.3 is 0 Å². The van der Waals surface area contributed by atoms with Gasteiger partial charge in [0.2, 0.25) is 10.0 Å². The van der Waals surface area contributed by atoms with Crippen LogP contribution in [-0.2, 0) is 14.9 Å². The van der Waals surface area contributed by atoms with Gasteiger partial charge in [-0.15, -0.1) is 0 Å². The number of nitrogens with two attached hydrogens (primary N) is 1. The molecule has 1 aromatic rings. The van der Waals surface area contributed by atoms with Gasteiger partial charge in [0.15, 0.2) is 0 Å². The third-order valence-corrected chi connectivity index (χ3v) is 3.85. The van der Waals surface area contributed by atoms with Gasteiger partial charge in [0.25, 0.3) is 0 Å².